The van der Waals surface area contributed by atoms with Gasteiger partial charge in [0.05, 0.1) is 37.5 Å². The minimum Gasteiger partial charge on any atom is -0.323 e. The molecule has 0 radical (unpaired) electrons. The summed E-state index contributed by atoms with van der Waals surface area (Å²) < 4.78 is 0. The first-order valence-corrected chi connectivity index (χ1v) is 10.4. The lowest BCUT2D eigenvalue weighted by molar-refractivity contribution is 0.102. The van der Waals surface area contributed by atoms with E-state index < -0.39 is 5.91 Å². The van der Waals surface area contributed by atoms with Crippen LogP contribution in [0.25, 0.3) is 10.9 Å². The second-order valence-corrected chi connectivity index (χ2v) is 7.94. The Balaban J connectivity index is 1.77. The van der Waals surface area contributed by atoms with Gasteiger partial charge in [-0.05, 0) is 25.1 Å². The molecule has 2 aromatic carbocycles. The van der Waals surface area contributed by atoms with Crippen molar-refractivity contribution in [3.63, 3.8) is 0 Å². The molecule has 6 nitrogen and oxygen atoms in total. The standard InChI is InChI=1S/C21H17Cl3N4O2/c1-2-27-9-10-28(21(27)30)19-12-5-3-8-16(18(12)25-11-15(19)24)26-20(29)17-13(22)6-4-7-14(17)23/h3-8,11H,2,9-10H2,1H3,(H,26,29). The van der Waals surface area contributed by atoms with Crippen LogP contribution in [0.1, 0.15) is 17.3 Å². The Morgan fingerprint density at radius 1 is 1.07 bits per heavy atom. The highest BCUT2D eigenvalue weighted by Crippen LogP contribution is 2.37. The number of hydrogen-bond donors (Lipinski definition) is 1. The summed E-state index contributed by atoms with van der Waals surface area (Å²) in [7, 11) is 0. The number of carbonyl (C=O) groups is 2. The molecule has 0 bridgehead atoms. The second kappa shape index (κ2) is 8.30. The number of rotatable bonds is 4. The van der Waals surface area contributed by atoms with E-state index in [-0.39, 0.29) is 21.6 Å². The monoisotopic (exact) mass is 462 g/mol. The smallest absolute Gasteiger partial charge is 0.323 e. The molecule has 1 fully saturated rings. The molecule has 0 spiro atoms. The van der Waals surface area contributed by atoms with Gasteiger partial charge in [0.25, 0.3) is 5.91 Å². The molecule has 1 aliphatic rings. The number of likely N-dealkylation sites (N-methyl/N-ethyl adjacent to an activating group) is 1. The van der Waals surface area contributed by atoms with Crippen molar-refractivity contribution in [3.8, 4) is 0 Å². The highest BCUT2D eigenvalue weighted by atomic mass is 35.5. The van der Waals surface area contributed by atoms with E-state index in [4.69, 9.17) is 34.8 Å². The zero-order chi connectivity index (χ0) is 21.4. The van der Waals surface area contributed by atoms with E-state index in [1.165, 1.54) is 6.20 Å². The number of benzene rings is 2. The second-order valence-electron chi connectivity index (χ2n) is 6.72. The predicted molar refractivity (Wildman–Crippen MR) is 121 cm³/mol. The van der Waals surface area contributed by atoms with Gasteiger partial charge in [0.2, 0.25) is 0 Å². The van der Waals surface area contributed by atoms with E-state index in [2.05, 4.69) is 10.3 Å². The summed E-state index contributed by atoms with van der Waals surface area (Å²) in [5, 5.41) is 4.35. The van der Waals surface area contributed by atoms with Crippen LogP contribution in [0.3, 0.4) is 0 Å². The molecule has 1 saturated heterocycles. The molecule has 0 aliphatic carbocycles. The van der Waals surface area contributed by atoms with Gasteiger partial charge in [-0.2, -0.15) is 0 Å². The van der Waals surface area contributed by atoms with Crippen molar-refractivity contribution in [2.45, 2.75) is 6.92 Å². The summed E-state index contributed by atoms with van der Waals surface area (Å²) in [5.74, 6) is -0.453. The number of hydrogen-bond acceptors (Lipinski definition) is 3. The Hall–Kier alpha value is -2.54. The van der Waals surface area contributed by atoms with Gasteiger partial charge in [-0.1, -0.05) is 53.0 Å². The molecule has 2 heterocycles. The molecular formula is C21H17Cl3N4O2. The van der Waals surface area contributed by atoms with Gasteiger partial charge >= 0.3 is 6.03 Å². The van der Waals surface area contributed by atoms with E-state index in [0.717, 1.165) is 0 Å². The molecule has 30 heavy (non-hydrogen) atoms. The van der Waals surface area contributed by atoms with Crippen LogP contribution in [0.2, 0.25) is 15.1 Å². The quantitative estimate of drug-likeness (QED) is 0.539. The summed E-state index contributed by atoms with van der Waals surface area (Å²) >= 11 is 18.8. The number of para-hydroxylation sites is 1. The highest BCUT2D eigenvalue weighted by Gasteiger charge is 2.31. The third kappa shape index (κ3) is 3.55. The fourth-order valence-corrected chi connectivity index (χ4v) is 4.36. The number of aromatic nitrogens is 1. The van der Waals surface area contributed by atoms with Crippen molar-refractivity contribution in [1.82, 2.24) is 9.88 Å². The fourth-order valence-electron chi connectivity index (χ4n) is 3.54. The SMILES string of the molecule is CCN1CCN(c2c(Cl)cnc3c(NC(=O)c4c(Cl)cccc4Cl)cccc23)C1=O. The first-order valence-electron chi connectivity index (χ1n) is 9.31. The van der Waals surface area contributed by atoms with Gasteiger partial charge in [-0.25, -0.2) is 4.79 Å². The van der Waals surface area contributed by atoms with Crippen molar-refractivity contribution >= 4 is 69.0 Å². The topological polar surface area (TPSA) is 65.5 Å². The van der Waals surface area contributed by atoms with Gasteiger partial charge in [0, 0.05) is 31.2 Å². The minimum atomic E-state index is -0.453. The Morgan fingerprint density at radius 3 is 2.43 bits per heavy atom. The molecule has 0 unspecified atom stereocenters. The molecule has 1 aliphatic heterocycles. The number of carbonyl (C=O) groups excluding carboxylic acids is 2. The van der Waals surface area contributed by atoms with E-state index in [1.54, 1.807) is 40.1 Å². The zero-order valence-corrected chi connectivity index (χ0v) is 18.2. The average molecular weight is 464 g/mol. The number of amides is 3. The number of fused-ring (bicyclic) bond motifs is 1. The van der Waals surface area contributed by atoms with Crippen LogP contribution in [0.15, 0.2) is 42.6 Å². The van der Waals surface area contributed by atoms with Gasteiger partial charge < -0.3 is 10.2 Å². The van der Waals surface area contributed by atoms with Gasteiger partial charge in [0.15, 0.2) is 0 Å². The third-order valence-electron chi connectivity index (χ3n) is 5.01. The maximum absolute atomic E-state index is 12.8. The zero-order valence-electron chi connectivity index (χ0n) is 16.0. The lowest BCUT2D eigenvalue weighted by Crippen LogP contribution is -2.31. The Labute approximate surface area is 188 Å². The number of urea groups is 1. The molecule has 154 valence electrons. The lowest BCUT2D eigenvalue weighted by atomic mass is 10.1. The molecule has 0 atom stereocenters. The highest BCUT2D eigenvalue weighted by molar-refractivity contribution is 6.40. The Bertz CT molecular complexity index is 1150. The summed E-state index contributed by atoms with van der Waals surface area (Å²) in [6.07, 6.45) is 1.49. The molecule has 3 amide bonds. The van der Waals surface area contributed by atoms with Gasteiger partial charge in [-0.3, -0.25) is 14.7 Å². The molecule has 1 N–H and O–H groups in total. The number of nitrogens with zero attached hydrogens (tertiary/aromatic N) is 3. The Morgan fingerprint density at radius 2 is 1.77 bits per heavy atom. The Kier molecular flexibility index (Phi) is 5.73. The van der Waals surface area contributed by atoms with E-state index >= 15 is 0 Å². The number of pyridine rings is 1. The summed E-state index contributed by atoms with van der Waals surface area (Å²) in [5.41, 5.74) is 1.73. The van der Waals surface area contributed by atoms with Crippen molar-refractivity contribution in [1.29, 1.82) is 0 Å². The van der Waals surface area contributed by atoms with Crippen LogP contribution in [0, 0.1) is 0 Å². The summed E-state index contributed by atoms with van der Waals surface area (Å²) in [4.78, 5) is 33.4. The lowest BCUT2D eigenvalue weighted by Gasteiger charge is -2.21. The average Bonchev–Trinajstić information content (AvgIpc) is 3.08. The number of halogens is 3. The van der Waals surface area contributed by atoms with Crippen molar-refractivity contribution in [2.24, 2.45) is 0 Å². The molecule has 4 rings (SSSR count). The molecule has 1 aromatic heterocycles. The van der Waals surface area contributed by atoms with Crippen LogP contribution in [-0.4, -0.2) is 41.5 Å². The molecule has 9 heteroatoms. The van der Waals surface area contributed by atoms with Crippen molar-refractivity contribution < 1.29 is 9.59 Å². The number of nitrogens with one attached hydrogen (secondary N) is 1. The van der Waals surface area contributed by atoms with E-state index in [1.807, 2.05) is 13.0 Å². The largest absolute Gasteiger partial charge is 0.324 e. The molecular weight excluding hydrogens is 447 g/mol. The van der Waals surface area contributed by atoms with Crippen molar-refractivity contribution in [3.05, 3.63) is 63.2 Å². The summed E-state index contributed by atoms with van der Waals surface area (Å²) in [6, 6.07) is 10.1. The van der Waals surface area contributed by atoms with Crippen molar-refractivity contribution in [2.75, 3.05) is 29.9 Å². The van der Waals surface area contributed by atoms with E-state index in [9.17, 15) is 9.59 Å². The summed E-state index contributed by atoms with van der Waals surface area (Å²) in [6.45, 7) is 3.70. The molecule has 0 saturated carbocycles. The first kappa shape index (κ1) is 20.7. The van der Waals surface area contributed by atoms with Crippen LogP contribution >= 0.6 is 34.8 Å². The van der Waals surface area contributed by atoms with Crippen LogP contribution in [0.4, 0.5) is 16.2 Å². The first-order chi connectivity index (χ1) is 14.4. The normalized spacial score (nSPS) is 13.9. The number of anilines is 2. The van der Waals surface area contributed by atoms with Gasteiger partial charge in [-0.15, -0.1) is 0 Å². The third-order valence-corrected chi connectivity index (χ3v) is 5.92. The van der Waals surface area contributed by atoms with Crippen LogP contribution in [0.5, 0.6) is 0 Å². The molecule has 3 aromatic rings. The minimum absolute atomic E-state index is 0.107. The maximum Gasteiger partial charge on any atom is 0.324 e. The van der Waals surface area contributed by atoms with Gasteiger partial charge in [0.1, 0.15) is 0 Å². The van der Waals surface area contributed by atoms with Crippen LogP contribution in [-0.2, 0) is 0 Å². The fraction of sp³-hybridized carbons (Fsp3) is 0.190. The van der Waals surface area contributed by atoms with Crippen LogP contribution < -0.4 is 10.2 Å². The van der Waals surface area contributed by atoms with E-state index in [0.29, 0.717) is 46.9 Å². The predicted octanol–water partition coefficient (Wildman–Crippen LogP) is 5.71. The maximum atomic E-state index is 12.8.